The molecule has 0 aliphatic heterocycles. The molecule has 0 aliphatic rings. The summed E-state index contributed by atoms with van der Waals surface area (Å²) in [6, 6.07) is 9.17. The predicted octanol–water partition coefficient (Wildman–Crippen LogP) is 2.40. The second-order valence-corrected chi connectivity index (χ2v) is 3.78. The van der Waals surface area contributed by atoms with E-state index >= 15 is 0 Å². The number of ketones is 1. The fourth-order valence-corrected chi connectivity index (χ4v) is 1.29. The number of aliphatic hydroxyl groups is 1. The van der Waals surface area contributed by atoms with Crippen molar-refractivity contribution in [2.75, 3.05) is 0 Å². The van der Waals surface area contributed by atoms with Crippen LogP contribution in [0.3, 0.4) is 0 Å². The van der Waals surface area contributed by atoms with Crippen LogP contribution in [-0.4, -0.2) is 10.9 Å². The molecule has 1 aromatic rings. The Bertz CT molecular complexity index is 423. The number of carbonyl (C=O) groups is 1. The third kappa shape index (κ3) is 18.5. The predicted molar refractivity (Wildman–Crippen MR) is 75.7 cm³/mol. The second kappa shape index (κ2) is 22.9. The molecule has 0 saturated carbocycles. The van der Waals surface area contributed by atoms with Gasteiger partial charge in [0, 0.05) is 29.9 Å². The number of Topliss-reactive ketones (excluding diaryl/α,β-unsaturated/α-hetero) is 1. The zero-order valence-corrected chi connectivity index (χ0v) is 13.6. The van der Waals surface area contributed by atoms with Crippen molar-refractivity contribution in [3.8, 4) is 0 Å². The minimum absolute atomic E-state index is 0. The maximum atomic E-state index is 11.4. The summed E-state index contributed by atoms with van der Waals surface area (Å²) in [5.74, 6) is 0.724. The molecular weight excluding hydrogens is 340 g/mol. The molecule has 0 saturated heterocycles. The average molecular weight is 356 g/mol. The Hall–Kier alpha value is -1.41. The first-order valence-electron chi connectivity index (χ1n) is 5.80. The van der Waals surface area contributed by atoms with Gasteiger partial charge >= 0.3 is 33.9 Å². The molecule has 0 heterocycles. The minimum atomic E-state index is -0.733. The summed E-state index contributed by atoms with van der Waals surface area (Å²) in [7, 11) is 0. The van der Waals surface area contributed by atoms with Gasteiger partial charge in [0.1, 0.15) is 5.78 Å². The summed E-state index contributed by atoms with van der Waals surface area (Å²) in [6.07, 6.45) is 2.48. The molecule has 1 aromatic carbocycles. The molecule has 0 amide bonds. The van der Waals surface area contributed by atoms with E-state index < -0.39 is 6.10 Å². The van der Waals surface area contributed by atoms with E-state index in [-0.39, 0.29) is 29.3 Å². The van der Waals surface area contributed by atoms with Gasteiger partial charge in [0.2, 0.25) is 0 Å². The molecule has 0 aromatic heterocycles. The minimum Gasteiger partial charge on any atom is -0.388 e. The maximum absolute atomic E-state index is 11.4. The molecule has 1 rings (SSSR count). The number of hydrogen-bond acceptors (Lipinski definition) is 2. The van der Waals surface area contributed by atoms with Crippen molar-refractivity contribution in [2.45, 2.75) is 19.4 Å². The van der Waals surface area contributed by atoms with E-state index in [1.807, 2.05) is 25.1 Å². The number of carbonyl (C=O) groups excluding carboxylic acids is 1. The van der Waals surface area contributed by atoms with E-state index in [1.165, 1.54) is 6.42 Å². The Morgan fingerprint density at radius 3 is 1.96 bits per heavy atom. The first-order valence-corrected chi connectivity index (χ1v) is 5.80. The van der Waals surface area contributed by atoms with Crippen LogP contribution >= 0.6 is 0 Å². The first-order chi connectivity index (χ1) is 10.6. The molecule has 1 atom stereocenters. The summed E-state index contributed by atoms with van der Waals surface area (Å²) >= 11 is 0. The van der Waals surface area contributed by atoms with Gasteiger partial charge in [-0.2, -0.15) is 0 Å². The van der Waals surface area contributed by atoms with Gasteiger partial charge in [-0.25, -0.2) is 0 Å². The van der Waals surface area contributed by atoms with E-state index in [9.17, 15) is 9.90 Å². The standard InChI is InChI=1S/C14H16O2.3CO.Fe/c1-11(2)8-9-13(15)10-14(16)12-6-4-3-5-7-12;3*1-2;/h3-9,14,16H,1,10H2,2H3;;;;. The van der Waals surface area contributed by atoms with Crippen LogP contribution in [-0.2, 0) is 35.8 Å². The van der Waals surface area contributed by atoms with Gasteiger partial charge in [-0.05, 0) is 24.8 Å². The smallest absolute Gasteiger partial charge is 0.139 e. The van der Waals surface area contributed by atoms with Crippen LogP contribution in [0.5, 0.6) is 0 Å². The van der Waals surface area contributed by atoms with Crippen LogP contribution in [0.15, 0.2) is 30.3 Å². The summed E-state index contributed by atoms with van der Waals surface area (Å²) in [5, 5.41) is 9.78. The molecule has 0 aliphatic carbocycles. The van der Waals surface area contributed by atoms with E-state index in [0.717, 1.165) is 11.5 Å². The molecule has 122 valence electrons. The van der Waals surface area contributed by atoms with Crippen LogP contribution in [0.1, 0.15) is 25.0 Å². The van der Waals surface area contributed by atoms with Crippen LogP contribution in [0.25, 0.3) is 0 Å². The van der Waals surface area contributed by atoms with Crippen LogP contribution in [0.2, 0.25) is 0 Å². The van der Waals surface area contributed by atoms with E-state index in [4.69, 9.17) is 14.0 Å². The Morgan fingerprint density at radius 2 is 1.57 bits per heavy atom. The van der Waals surface area contributed by atoms with Crippen molar-refractivity contribution >= 4 is 5.78 Å². The van der Waals surface area contributed by atoms with E-state index in [0.29, 0.717) is 0 Å². The van der Waals surface area contributed by atoms with Gasteiger partial charge in [-0.1, -0.05) is 37.3 Å². The molecular formula is C17H16FeO5. The van der Waals surface area contributed by atoms with Crippen LogP contribution in [0.4, 0.5) is 0 Å². The quantitative estimate of drug-likeness (QED) is 0.481. The van der Waals surface area contributed by atoms with E-state index in [1.54, 1.807) is 18.6 Å². The van der Waals surface area contributed by atoms with Crippen molar-refractivity contribution in [2.24, 2.45) is 0 Å². The van der Waals surface area contributed by atoms with Gasteiger partial charge in [0.25, 0.3) is 0 Å². The van der Waals surface area contributed by atoms with E-state index in [2.05, 4.69) is 26.9 Å². The van der Waals surface area contributed by atoms with Gasteiger partial charge < -0.3 is 5.11 Å². The topological polar surface area (TPSA) is 97.0 Å². The van der Waals surface area contributed by atoms with Crippen molar-refractivity contribution in [1.82, 2.24) is 0 Å². The molecule has 0 bridgehead atoms. The summed E-state index contributed by atoms with van der Waals surface area (Å²) in [4.78, 5) is 11.4. The average Bonchev–Trinajstić information content (AvgIpc) is 2.59. The van der Waals surface area contributed by atoms with Crippen LogP contribution in [0, 0.1) is 45.6 Å². The normalized spacial score (nSPS) is 9.13. The monoisotopic (exact) mass is 356 g/mol. The maximum Gasteiger partial charge on any atom is 0.139 e. The Balaban J connectivity index is -0.000000231. The second-order valence-electron chi connectivity index (χ2n) is 3.78. The Morgan fingerprint density at radius 1 is 1.13 bits per heavy atom. The zero-order valence-electron chi connectivity index (χ0n) is 12.5. The largest absolute Gasteiger partial charge is 0.388 e. The number of rotatable bonds is 6. The fourth-order valence-electron chi connectivity index (χ4n) is 1.29. The first kappa shape index (κ1) is 29.6. The zero-order chi connectivity index (χ0) is 18.0. The molecule has 0 fully saturated rings. The fraction of sp³-hybridized carbons (Fsp3) is 0.176. The number of aliphatic hydroxyl groups excluding tert-OH is 1. The number of hydrogen-bond donors (Lipinski definition) is 1. The van der Waals surface area contributed by atoms with Crippen molar-refractivity contribution in [3.63, 3.8) is 0 Å². The molecule has 0 spiro atoms. The van der Waals surface area contributed by atoms with Gasteiger partial charge in [0.05, 0.1) is 6.10 Å². The summed E-state index contributed by atoms with van der Waals surface area (Å²) in [5.41, 5.74) is 0.763. The SMILES string of the molecule is [C-]#[O+].[C-]#[O+].[C-]#[O+].[CH2][C](C)[CH][CH]C(=O)CC(O)c1ccccc1.[Fe]. The molecule has 4 radical (unpaired) electrons. The molecule has 23 heavy (non-hydrogen) atoms. The van der Waals surface area contributed by atoms with Gasteiger partial charge in [-0.3, -0.25) is 4.79 Å². The van der Waals surface area contributed by atoms with Crippen molar-refractivity contribution < 1.29 is 40.9 Å². The molecule has 1 N–H and O–H groups in total. The summed E-state index contributed by atoms with van der Waals surface area (Å²) < 4.78 is 22.5. The molecule has 1 unspecified atom stereocenters. The van der Waals surface area contributed by atoms with Gasteiger partial charge in [0.15, 0.2) is 0 Å². The Kier molecular flexibility index (Phi) is 29.4. The van der Waals surface area contributed by atoms with Crippen LogP contribution < -0.4 is 0 Å². The number of benzene rings is 1. The van der Waals surface area contributed by atoms with Crippen molar-refractivity contribution in [1.29, 1.82) is 0 Å². The molecule has 6 heteroatoms. The van der Waals surface area contributed by atoms with Crippen molar-refractivity contribution in [3.05, 3.63) is 81.5 Å². The third-order valence-electron chi connectivity index (χ3n) is 2.13. The third-order valence-corrected chi connectivity index (χ3v) is 2.13. The Labute approximate surface area is 148 Å². The molecule has 5 nitrogen and oxygen atoms in total. The van der Waals surface area contributed by atoms with Gasteiger partial charge in [-0.15, -0.1) is 0 Å². The summed E-state index contributed by atoms with van der Waals surface area (Å²) in [6.45, 7) is 19.0.